The van der Waals surface area contributed by atoms with Gasteiger partial charge in [0.15, 0.2) is 16.6 Å². The largest absolute Gasteiger partial charge is 0.493 e. The summed E-state index contributed by atoms with van der Waals surface area (Å²) in [7, 11) is -2.77. The number of hydrogen-bond donors (Lipinski definition) is 2. The van der Waals surface area contributed by atoms with Crippen molar-refractivity contribution in [1.29, 1.82) is 0 Å². The van der Waals surface area contributed by atoms with Crippen molar-refractivity contribution in [3.8, 4) is 23.1 Å². The van der Waals surface area contributed by atoms with Crippen LogP contribution in [-0.2, 0) is 17.8 Å². The second-order valence-electron chi connectivity index (χ2n) is 9.68. The van der Waals surface area contributed by atoms with Crippen molar-refractivity contribution >= 4 is 30.1 Å². The van der Waals surface area contributed by atoms with Crippen LogP contribution in [0.5, 0.6) is 17.4 Å². The third-order valence-electron chi connectivity index (χ3n) is 6.65. The molecule has 2 N–H and O–H groups in total. The van der Waals surface area contributed by atoms with Gasteiger partial charge in [-0.1, -0.05) is 24.3 Å². The molecule has 0 saturated carbocycles. The summed E-state index contributed by atoms with van der Waals surface area (Å²) < 4.78 is 30.7. The van der Waals surface area contributed by atoms with E-state index in [1.807, 2.05) is 48.5 Å². The van der Waals surface area contributed by atoms with E-state index in [9.17, 15) is 14.4 Å². The molecule has 0 aliphatic carbocycles. The molecule has 1 aliphatic heterocycles. The summed E-state index contributed by atoms with van der Waals surface area (Å²) >= 11 is 1.71. The van der Waals surface area contributed by atoms with Gasteiger partial charge in [0.1, 0.15) is 13.2 Å². The van der Waals surface area contributed by atoms with E-state index in [4.69, 9.17) is 19.2 Å². The maximum Gasteiger partial charge on any atom is 0.349 e. The number of aromatic nitrogens is 3. The number of methoxy groups -OCH3 is 1. The standard InChI is InChI=1S/C29H33N4O6PS/c1-21-25(30-29(41-21)32-14-7-4-8-15-32)20-38-26-12-11-22(17-27(26)37-2)19-39-28-23(13-16-40(34,35)36)18-33(31-28)24-9-5-3-6-10-24/h3,5-6,9-13,16-18H,4,7-8,14-15,19-20H2,1-2H3,(H2,34,35,36)/b16-13+. The number of ether oxygens (including phenoxy) is 3. The number of aryl methyl sites for hydroxylation is 1. The number of nitrogens with zero attached hydrogens (tertiary/aromatic N) is 4. The molecule has 0 radical (unpaired) electrons. The number of para-hydroxylation sites is 1. The van der Waals surface area contributed by atoms with Crippen LogP contribution in [0.15, 0.2) is 60.5 Å². The highest BCUT2D eigenvalue weighted by molar-refractivity contribution is 7.55. The molecule has 0 amide bonds. The maximum atomic E-state index is 11.4. The van der Waals surface area contributed by atoms with Crippen LogP contribution in [-0.4, -0.2) is 44.8 Å². The van der Waals surface area contributed by atoms with Crippen molar-refractivity contribution in [1.82, 2.24) is 14.8 Å². The van der Waals surface area contributed by atoms with Gasteiger partial charge in [0, 0.05) is 30.0 Å². The summed E-state index contributed by atoms with van der Waals surface area (Å²) in [5.74, 6) is 2.23. The first-order valence-electron chi connectivity index (χ1n) is 13.3. The van der Waals surface area contributed by atoms with Crippen molar-refractivity contribution in [3.63, 3.8) is 0 Å². The number of hydrogen-bond acceptors (Lipinski definition) is 8. The second kappa shape index (κ2) is 12.9. The lowest BCUT2D eigenvalue weighted by molar-refractivity contribution is 0.276. The predicted octanol–water partition coefficient (Wildman–Crippen LogP) is 5.94. The number of thiazole rings is 1. The van der Waals surface area contributed by atoms with Gasteiger partial charge in [0.25, 0.3) is 0 Å². The van der Waals surface area contributed by atoms with Gasteiger partial charge in [-0.3, -0.25) is 4.57 Å². The molecule has 1 saturated heterocycles. The highest BCUT2D eigenvalue weighted by atomic mass is 32.1. The monoisotopic (exact) mass is 596 g/mol. The summed E-state index contributed by atoms with van der Waals surface area (Å²) in [6, 6.07) is 14.9. The molecule has 0 atom stereocenters. The molecule has 12 heteroatoms. The van der Waals surface area contributed by atoms with Gasteiger partial charge < -0.3 is 28.9 Å². The summed E-state index contributed by atoms with van der Waals surface area (Å²) in [4.78, 5) is 27.0. The summed E-state index contributed by atoms with van der Waals surface area (Å²) in [5, 5.41) is 5.55. The third kappa shape index (κ3) is 7.56. The molecule has 2 aromatic carbocycles. The smallest absolute Gasteiger partial charge is 0.349 e. The molecule has 10 nitrogen and oxygen atoms in total. The van der Waals surface area contributed by atoms with Crippen molar-refractivity contribution in [2.24, 2.45) is 0 Å². The lowest BCUT2D eigenvalue weighted by atomic mass is 10.1. The molecule has 2 aromatic heterocycles. The van der Waals surface area contributed by atoms with Gasteiger partial charge >= 0.3 is 7.60 Å². The first-order chi connectivity index (χ1) is 19.8. The molecule has 4 aromatic rings. The first kappa shape index (κ1) is 28.9. The van der Waals surface area contributed by atoms with Gasteiger partial charge in [-0.2, -0.15) is 0 Å². The topological polar surface area (TPSA) is 119 Å². The molecular weight excluding hydrogens is 563 g/mol. The van der Waals surface area contributed by atoms with E-state index in [1.165, 1.54) is 25.3 Å². The third-order valence-corrected chi connectivity index (χ3v) is 8.26. The summed E-state index contributed by atoms with van der Waals surface area (Å²) in [6.45, 7) is 4.68. The molecule has 0 unspecified atom stereocenters. The van der Waals surface area contributed by atoms with E-state index in [0.29, 0.717) is 23.7 Å². The Hall–Kier alpha value is -3.63. The second-order valence-corrected chi connectivity index (χ2v) is 12.3. The van der Waals surface area contributed by atoms with Crippen molar-refractivity contribution in [2.45, 2.75) is 39.4 Å². The van der Waals surface area contributed by atoms with Crippen LogP contribution in [0.25, 0.3) is 11.8 Å². The minimum Gasteiger partial charge on any atom is -0.493 e. The molecule has 41 heavy (non-hydrogen) atoms. The zero-order chi connectivity index (χ0) is 28.8. The Bertz CT molecular complexity index is 1540. The van der Waals surface area contributed by atoms with Gasteiger partial charge in [-0.25, -0.2) is 9.67 Å². The van der Waals surface area contributed by atoms with E-state index in [0.717, 1.165) is 45.9 Å². The average Bonchev–Trinajstić information content (AvgIpc) is 3.57. The minimum absolute atomic E-state index is 0.156. The fraction of sp³-hybridized carbons (Fsp3) is 0.310. The van der Waals surface area contributed by atoms with E-state index < -0.39 is 7.60 Å². The maximum absolute atomic E-state index is 11.4. The van der Waals surface area contributed by atoms with Gasteiger partial charge in [0.05, 0.1) is 24.1 Å². The van der Waals surface area contributed by atoms with Gasteiger partial charge in [-0.05, 0) is 62.1 Å². The number of piperidine rings is 1. The molecule has 1 aliphatic rings. The average molecular weight is 597 g/mol. The fourth-order valence-electron chi connectivity index (χ4n) is 4.47. The van der Waals surface area contributed by atoms with Crippen LogP contribution in [0.2, 0.25) is 0 Å². The molecule has 0 spiro atoms. The number of anilines is 1. The van der Waals surface area contributed by atoms with E-state index >= 15 is 0 Å². The van der Waals surface area contributed by atoms with Crippen LogP contribution >= 0.6 is 18.9 Å². The normalized spacial score (nSPS) is 14.0. The minimum atomic E-state index is -4.36. The molecule has 0 bridgehead atoms. The Labute approximate surface area is 243 Å². The fourth-order valence-corrected chi connectivity index (χ4v) is 5.79. The van der Waals surface area contributed by atoms with Gasteiger partial charge in [0.2, 0.25) is 5.88 Å². The van der Waals surface area contributed by atoms with Crippen molar-refractivity contribution < 1.29 is 28.6 Å². The van der Waals surface area contributed by atoms with Crippen molar-refractivity contribution in [3.05, 3.63) is 82.2 Å². The zero-order valence-electron chi connectivity index (χ0n) is 23.0. The number of benzene rings is 2. The first-order valence-corrected chi connectivity index (χ1v) is 15.8. The molecule has 216 valence electrons. The van der Waals surface area contributed by atoms with Crippen LogP contribution in [0.3, 0.4) is 0 Å². The lowest BCUT2D eigenvalue weighted by Gasteiger charge is -2.25. The molecule has 3 heterocycles. The van der Waals surface area contributed by atoms with Crippen LogP contribution in [0, 0.1) is 6.92 Å². The highest BCUT2D eigenvalue weighted by Crippen LogP contribution is 2.38. The molecule has 5 rings (SSSR count). The Morgan fingerprint density at radius 2 is 1.80 bits per heavy atom. The van der Waals surface area contributed by atoms with Crippen LogP contribution in [0.1, 0.15) is 41.0 Å². The SMILES string of the molecule is COc1cc(COc2nn(-c3ccccc3)cc2/C=C/P(=O)(O)O)ccc1OCc1nc(N2CCCCC2)sc1C. The molecule has 1 fully saturated rings. The van der Waals surface area contributed by atoms with E-state index in [-0.39, 0.29) is 12.5 Å². The zero-order valence-corrected chi connectivity index (χ0v) is 24.7. The summed E-state index contributed by atoms with van der Waals surface area (Å²) in [6.07, 6.45) is 6.67. The summed E-state index contributed by atoms with van der Waals surface area (Å²) in [5.41, 5.74) is 2.96. The van der Waals surface area contributed by atoms with Crippen LogP contribution < -0.4 is 19.1 Å². The van der Waals surface area contributed by atoms with Crippen molar-refractivity contribution in [2.75, 3.05) is 25.1 Å². The van der Waals surface area contributed by atoms with Crippen LogP contribution in [0.4, 0.5) is 5.13 Å². The number of rotatable bonds is 11. The lowest BCUT2D eigenvalue weighted by Crippen LogP contribution is -2.29. The Morgan fingerprint density at radius 1 is 1.02 bits per heavy atom. The molecular formula is C29H33N4O6PS. The van der Waals surface area contributed by atoms with Gasteiger partial charge in [-0.15, -0.1) is 16.4 Å². The Kier molecular flexibility index (Phi) is 9.09. The highest BCUT2D eigenvalue weighted by Gasteiger charge is 2.18. The predicted molar refractivity (Wildman–Crippen MR) is 159 cm³/mol. The van der Waals surface area contributed by atoms with E-state index in [1.54, 1.807) is 29.3 Å². The Morgan fingerprint density at radius 3 is 2.54 bits per heavy atom. The Balaban J connectivity index is 1.27. The van der Waals surface area contributed by atoms with E-state index in [2.05, 4.69) is 16.9 Å². The quantitative estimate of drug-likeness (QED) is 0.203.